The van der Waals surface area contributed by atoms with Gasteiger partial charge in [-0.1, -0.05) is 13.8 Å². The lowest BCUT2D eigenvalue weighted by Crippen LogP contribution is -2.04. The maximum absolute atomic E-state index is 13.0. The quantitative estimate of drug-likeness (QED) is 0.310. The number of H-pyrrole nitrogens is 2. The maximum Gasteiger partial charge on any atom is 0.340 e. The smallest absolute Gasteiger partial charge is 0.340 e. The van der Waals surface area contributed by atoms with Crippen LogP contribution in [0.25, 0.3) is 44.4 Å². The fourth-order valence-corrected chi connectivity index (χ4v) is 6.08. The molecule has 8 heteroatoms. The Morgan fingerprint density at radius 3 is 1.83 bits per heavy atom. The second-order valence-electron chi connectivity index (χ2n) is 10.8. The Balaban J connectivity index is 1.94. The van der Waals surface area contributed by atoms with Gasteiger partial charge in [0.05, 0.1) is 42.6 Å². The van der Waals surface area contributed by atoms with Crippen molar-refractivity contribution in [2.75, 3.05) is 14.2 Å². The van der Waals surface area contributed by atoms with Crippen LogP contribution in [0.2, 0.25) is 0 Å². The van der Waals surface area contributed by atoms with Crippen molar-refractivity contribution in [2.45, 2.75) is 67.2 Å². The second kappa shape index (κ2) is 11.4. The summed E-state index contributed by atoms with van der Waals surface area (Å²) in [4.78, 5) is 42.3. The number of carbonyl (C=O) groups excluding carboxylic acids is 2. The lowest BCUT2D eigenvalue weighted by Gasteiger charge is -2.05. The van der Waals surface area contributed by atoms with Crippen LogP contribution in [0.3, 0.4) is 0 Å². The molecular weight excluding hydrogens is 528 g/mol. The maximum atomic E-state index is 13.0. The van der Waals surface area contributed by atoms with Crippen LogP contribution < -0.4 is 0 Å². The lowest BCUT2D eigenvalue weighted by molar-refractivity contribution is -0.140. The predicted molar refractivity (Wildman–Crippen MR) is 167 cm³/mol. The van der Waals surface area contributed by atoms with Crippen LogP contribution in [0.1, 0.15) is 85.6 Å². The average Bonchev–Trinajstić information content (AvgIpc) is 3.64. The SMILES string of the molecule is CCc1c(C)c2cc3[nH]c(cc4nc(cc5nc(cc1[nH]2)C(C)=C5C(=O)OC)C(CCC(=O)OC)=C4C)c(C)c3CC. The normalized spacial score (nSPS) is 13.1. The van der Waals surface area contributed by atoms with Crippen LogP contribution in [-0.4, -0.2) is 46.1 Å². The van der Waals surface area contributed by atoms with Crippen LogP contribution in [-0.2, 0) is 31.9 Å². The second-order valence-corrected chi connectivity index (χ2v) is 10.8. The summed E-state index contributed by atoms with van der Waals surface area (Å²) < 4.78 is 10.1. The van der Waals surface area contributed by atoms with Gasteiger partial charge < -0.3 is 19.4 Å². The van der Waals surface area contributed by atoms with E-state index in [9.17, 15) is 9.59 Å². The van der Waals surface area contributed by atoms with E-state index in [2.05, 4.69) is 49.8 Å². The number of allylic oxidation sites excluding steroid dienone is 3. The summed E-state index contributed by atoms with van der Waals surface area (Å²) in [7, 11) is 2.77. The van der Waals surface area contributed by atoms with Gasteiger partial charge in [0.1, 0.15) is 0 Å². The van der Waals surface area contributed by atoms with Gasteiger partial charge in [0.15, 0.2) is 0 Å². The standard InChI is InChI=1S/C34H38N4O4/c1-9-21-17(3)24-13-25-19(5)23(11-12-32(39)41-7)30(37-25)16-31-33(34(40)42-8)20(6)27(38-31)15-29-22(10-2)18(4)26(36-29)14-28(21)35-24/h13-16,35-36H,9-12H2,1-8H3. The lowest BCUT2D eigenvalue weighted by atomic mass is 10.00. The first-order chi connectivity index (χ1) is 20.1. The number of hydrogen-bond acceptors (Lipinski definition) is 6. The Hall–Kier alpha value is -4.46. The summed E-state index contributed by atoms with van der Waals surface area (Å²) in [5.41, 5.74) is 14.5. The number of fused-ring (bicyclic) bond motifs is 8. The number of hydrogen-bond donors (Lipinski definition) is 2. The highest BCUT2D eigenvalue weighted by atomic mass is 16.5. The fraction of sp³-hybridized carbons (Fsp3) is 0.353. The molecule has 0 fully saturated rings. The number of nitrogens with one attached hydrogen (secondary N) is 2. The Morgan fingerprint density at radius 1 is 0.690 bits per heavy atom. The number of aromatic nitrogens is 4. The van der Waals surface area contributed by atoms with Gasteiger partial charge in [-0.2, -0.15) is 0 Å². The molecule has 0 aromatic carbocycles. The molecule has 42 heavy (non-hydrogen) atoms. The highest BCUT2D eigenvalue weighted by Crippen LogP contribution is 2.37. The van der Waals surface area contributed by atoms with Crippen LogP contribution in [0.15, 0.2) is 24.3 Å². The molecule has 8 nitrogen and oxygen atoms in total. The molecule has 0 atom stereocenters. The van der Waals surface area contributed by atoms with Crippen molar-refractivity contribution >= 4 is 56.3 Å². The minimum atomic E-state index is -0.455. The molecule has 0 unspecified atom stereocenters. The molecule has 0 saturated heterocycles. The molecule has 218 valence electrons. The molecule has 8 bridgehead atoms. The van der Waals surface area contributed by atoms with Crippen molar-refractivity contribution in [3.05, 3.63) is 69.3 Å². The van der Waals surface area contributed by atoms with E-state index in [0.29, 0.717) is 29.1 Å². The summed E-state index contributed by atoms with van der Waals surface area (Å²) in [5, 5.41) is 0. The zero-order valence-corrected chi connectivity index (χ0v) is 25.7. The summed E-state index contributed by atoms with van der Waals surface area (Å²) in [6.45, 7) is 12.5. The Labute approximate surface area is 245 Å². The van der Waals surface area contributed by atoms with E-state index >= 15 is 0 Å². The third-order valence-electron chi connectivity index (χ3n) is 8.57. The molecule has 2 N–H and O–H groups in total. The first-order valence-corrected chi connectivity index (χ1v) is 14.4. The summed E-state index contributed by atoms with van der Waals surface area (Å²) in [5.74, 6) is -0.747. The number of nitrogens with zero attached hydrogens (tertiary/aromatic N) is 2. The van der Waals surface area contributed by atoms with Crippen LogP contribution in [0, 0.1) is 13.8 Å². The third-order valence-corrected chi connectivity index (χ3v) is 8.57. The van der Waals surface area contributed by atoms with E-state index in [-0.39, 0.29) is 12.4 Å². The van der Waals surface area contributed by atoms with Gasteiger partial charge >= 0.3 is 11.9 Å². The minimum absolute atomic E-state index is 0.217. The van der Waals surface area contributed by atoms with E-state index in [1.165, 1.54) is 36.5 Å². The van der Waals surface area contributed by atoms with Crippen molar-refractivity contribution in [1.29, 1.82) is 0 Å². The zero-order chi connectivity index (χ0) is 30.3. The number of aromatic amines is 2. The molecule has 0 aliphatic carbocycles. The first-order valence-electron chi connectivity index (χ1n) is 14.4. The molecule has 0 saturated carbocycles. The van der Waals surface area contributed by atoms with Crippen molar-refractivity contribution in [1.82, 2.24) is 19.9 Å². The third kappa shape index (κ3) is 4.95. The molecule has 0 radical (unpaired) electrons. The minimum Gasteiger partial charge on any atom is -0.469 e. The molecule has 2 aliphatic heterocycles. The van der Waals surface area contributed by atoms with Gasteiger partial charge in [0.25, 0.3) is 0 Å². The van der Waals surface area contributed by atoms with Crippen LogP contribution in [0.4, 0.5) is 0 Å². The molecule has 5 heterocycles. The van der Waals surface area contributed by atoms with Gasteiger partial charge in [0.2, 0.25) is 0 Å². The van der Waals surface area contributed by atoms with E-state index in [0.717, 1.165) is 57.3 Å². The zero-order valence-electron chi connectivity index (χ0n) is 25.7. The van der Waals surface area contributed by atoms with Crippen LogP contribution >= 0.6 is 0 Å². The topological polar surface area (TPSA) is 110 Å². The van der Waals surface area contributed by atoms with Crippen molar-refractivity contribution in [3.8, 4) is 0 Å². The van der Waals surface area contributed by atoms with E-state index < -0.39 is 5.97 Å². The summed E-state index contributed by atoms with van der Waals surface area (Å²) in [6, 6.07) is 8.11. The number of methoxy groups -OCH3 is 2. The highest BCUT2D eigenvalue weighted by molar-refractivity contribution is 6.25. The molecule has 5 rings (SSSR count). The van der Waals surface area contributed by atoms with E-state index in [1.54, 1.807) is 0 Å². The molecule has 0 spiro atoms. The molecule has 2 aliphatic rings. The van der Waals surface area contributed by atoms with Gasteiger partial charge in [0, 0.05) is 28.5 Å². The first kappa shape index (κ1) is 29.0. The Bertz CT molecular complexity index is 1850. The highest BCUT2D eigenvalue weighted by Gasteiger charge is 2.26. The molecular formula is C34H38N4O4. The average molecular weight is 567 g/mol. The van der Waals surface area contributed by atoms with Gasteiger partial charge in [-0.05, 0) is 110 Å². The fourth-order valence-electron chi connectivity index (χ4n) is 6.08. The van der Waals surface area contributed by atoms with Gasteiger partial charge in [-0.25, -0.2) is 14.8 Å². The van der Waals surface area contributed by atoms with E-state index in [4.69, 9.17) is 19.4 Å². The van der Waals surface area contributed by atoms with Gasteiger partial charge in [-0.3, -0.25) is 4.79 Å². The molecule has 3 aromatic rings. The number of ether oxygens (including phenoxy) is 2. The van der Waals surface area contributed by atoms with Crippen molar-refractivity contribution < 1.29 is 19.1 Å². The number of aryl methyl sites for hydroxylation is 4. The monoisotopic (exact) mass is 566 g/mol. The van der Waals surface area contributed by atoms with Crippen molar-refractivity contribution in [3.63, 3.8) is 0 Å². The number of esters is 2. The van der Waals surface area contributed by atoms with E-state index in [1.807, 2.05) is 26.0 Å². The molecule has 3 aromatic heterocycles. The largest absolute Gasteiger partial charge is 0.469 e. The van der Waals surface area contributed by atoms with Crippen molar-refractivity contribution in [2.24, 2.45) is 0 Å². The van der Waals surface area contributed by atoms with Gasteiger partial charge in [-0.15, -0.1) is 0 Å². The predicted octanol–water partition coefficient (Wildman–Crippen LogP) is 7.04. The Morgan fingerprint density at radius 2 is 1.24 bits per heavy atom. The van der Waals surface area contributed by atoms with Crippen LogP contribution in [0.5, 0.6) is 0 Å². The summed E-state index contributed by atoms with van der Waals surface area (Å²) >= 11 is 0. The number of rotatable bonds is 6. The molecule has 0 amide bonds. The summed E-state index contributed by atoms with van der Waals surface area (Å²) in [6.07, 6.45) is 2.39. The number of carbonyl (C=O) groups is 2. The Kier molecular flexibility index (Phi) is 7.91.